The van der Waals surface area contributed by atoms with Crippen LogP contribution < -0.4 is 0 Å². The topological polar surface area (TPSA) is 74.7 Å². The Labute approximate surface area is 112 Å². The van der Waals surface area contributed by atoms with Crippen molar-refractivity contribution in [3.05, 3.63) is 29.3 Å². The van der Waals surface area contributed by atoms with E-state index in [9.17, 15) is 13.2 Å². The van der Waals surface area contributed by atoms with E-state index in [2.05, 4.69) is 0 Å². The lowest BCUT2D eigenvalue weighted by atomic mass is 10.1. The van der Waals surface area contributed by atoms with Gasteiger partial charge < -0.3 is 5.11 Å². The Kier molecular flexibility index (Phi) is 3.64. The lowest BCUT2D eigenvalue weighted by molar-refractivity contribution is 0.0696. The number of carbonyl (C=O) groups is 1. The van der Waals surface area contributed by atoms with Crippen LogP contribution in [0.5, 0.6) is 0 Å². The van der Waals surface area contributed by atoms with Crippen LogP contribution >= 0.6 is 0 Å². The van der Waals surface area contributed by atoms with Crippen LogP contribution in [0.25, 0.3) is 0 Å². The highest BCUT2D eigenvalue weighted by molar-refractivity contribution is 7.89. The van der Waals surface area contributed by atoms with Gasteiger partial charge in [0.05, 0.1) is 10.5 Å². The minimum atomic E-state index is -3.59. The highest BCUT2D eigenvalue weighted by atomic mass is 32.2. The van der Waals surface area contributed by atoms with Gasteiger partial charge in [-0.15, -0.1) is 0 Å². The molecule has 1 fully saturated rings. The second-order valence-corrected chi connectivity index (χ2v) is 6.61. The molecule has 19 heavy (non-hydrogen) atoms. The van der Waals surface area contributed by atoms with E-state index in [-0.39, 0.29) is 16.5 Å². The molecule has 1 aromatic carbocycles. The molecule has 0 saturated heterocycles. The van der Waals surface area contributed by atoms with Crippen molar-refractivity contribution in [3.8, 4) is 0 Å². The Hall–Kier alpha value is -1.40. The number of rotatable bonds is 5. The van der Waals surface area contributed by atoms with Crippen molar-refractivity contribution >= 4 is 16.0 Å². The number of benzene rings is 1. The maximum absolute atomic E-state index is 12.5. The first-order valence-electron chi connectivity index (χ1n) is 6.23. The second kappa shape index (κ2) is 4.94. The van der Waals surface area contributed by atoms with Gasteiger partial charge in [0.2, 0.25) is 10.0 Å². The number of carboxylic acid groups (broad SMARTS) is 1. The van der Waals surface area contributed by atoms with Gasteiger partial charge in [-0.1, -0.05) is 13.0 Å². The monoisotopic (exact) mass is 283 g/mol. The summed E-state index contributed by atoms with van der Waals surface area (Å²) in [5.41, 5.74) is 0.592. The second-order valence-electron chi connectivity index (χ2n) is 4.72. The Morgan fingerprint density at radius 2 is 2.05 bits per heavy atom. The standard InChI is InChI=1S/C13H17NO4S/c1-3-14(10-5-6-10)19(17,18)11-7-4-9(2)12(8-11)13(15)16/h4,7-8,10H,3,5-6H2,1-2H3,(H,15,16). The zero-order valence-corrected chi connectivity index (χ0v) is 11.8. The van der Waals surface area contributed by atoms with Crippen molar-refractivity contribution in [2.45, 2.75) is 37.6 Å². The first kappa shape index (κ1) is 14.0. The molecule has 1 saturated carbocycles. The largest absolute Gasteiger partial charge is 0.478 e. The maximum atomic E-state index is 12.5. The Morgan fingerprint density at radius 3 is 2.53 bits per heavy atom. The molecule has 1 N–H and O–H groups in total. The summed E-state index contributed by atoms with van der Waals surface area (Å²) in [7, 11) is -3.59. The average molecular weight is 283 g/mol. The lowest BCUT2D eigenvalue weighted by Gasteiger charge is -2.20. The zero-order valence-electron chi connectivity index (χ0n) is 11.0. The van der Waals surface area contributed by atoms with E-state index in [1.165, 1.54) is 22.5 Å². The molecular weight excluding hydrogens is 266 g/mol. The third-order valence-corrected chi connectivity index (χ3v) is 5.34. The number of nitrogens with zero attached hydrogens (tertiary/aromatic N) is 1. The number of hydrogen-bond acceptors (Lipinski definition) is 3. The summed E-state index contributed by atoms with van der Waals surface area (Å²) < 4.78 is 26.4. The molecule has 0 aliphatic heterocycles. The van der Waals surface area contributed by atoms with Crippen molar-refractivity contribution in [3.63, 3.8) is 0 Å². The van der Waals surface area contributed by atoms with Crippen molar-refractivity contribution in [2.24, 2.45) is 0 Å². The fraction of sp³-hybridized carbons (Fsp3) is 0.462. The quantitative estimate of drug-likeness (QED) is 0.895. The van der Waals surface area contributed by atoms with Crippen molar-refractivity contribution in [1.29, 1.82) is 0 Å². The molecule has 0 unspecified atom stereocenters. The van der Waals surface area contributed by atoms with Crippen LogP contribution in [0.15, 0.2) is 23.1 Å². The van der Waals surface area contributed by atoms with E-state index >= 15 is 0 Å². The molecule has 0 amide bonds. The van der Waals surface area contributed by atoms with Crippen LogP contribution in [0.2, 0.25) is 0 Å². The number of hydrogen-bond donors (Lipinski definition) is 1. The zero-order chi connectivity index (χ0) is 14.2. The van der Waals surface area contributed by atoms with Crippen LogP contribution in [0.4, 0.5) is 0 Å². The van der Waals surface area contributed by atoms with E-state index in [0.29, 0.717) is 12.1 Å². The van der Waals surface area contributed by atoms with Gasteiger partial charge in [-0.05, 0) is 37.5 Å². The van der Waals surface area contributed by atoms with E-state index in [1.54, 1.807) is 13.8 Å². The van der Waals surface area contributed by atoms with Crippen molar-refractivity contribution in [1.82, 2.24) is 4.31 Å². The summed E-state index contributed by atoms with van der Waals surface area (Å²) in [6, 6.07) is 4.33. The number of sulfonamides is 1. The minimum Gasteiger partial charge on any atom is -0.478 e. The first-order valence-corrected chi connectivity index (χ1v) is 7.67. The van der Waals surface area contributed by atoms with Crippen molar-refractivity contribution < 1.29 is 18.3 Å². The van der Waals surface area contributed by atoms with Gasteiger partial charge >= 0.3 is 5.97 Å². The van der Waals surface area contributed by atoms with Gasteiger partial charge in [-0.25, -0.2) is 13.2 Å². The summed E-state index contributed by atoms with van der Waals surface area (Å²) in [5.74, 6) is -1.11. The fourth-order valence-corrected chi connectivity index (χ4v) is 3.84. The summed E-state index contributed by atoms with van der Waals surface area (Å²) in [6.07, 6.45) is 1.76. The van der Waals surface area contributed by atoms with E-state index in [0.717, 1.165) is 12.8 Å². The molecule has 1 aliphatic rings. The van der Waals surface area contributed by atoms with Crippen molar-refractivity contribution in [2.75, 3.05) is 6.54 Å². The molecule has 0 bridgehead atoms. The van der Waals surface area contributed by atoms with E-state index in [4.69, 9.17) is 5.11 Å². The van der Waals surface area contributed by atoms with Gasteiger partial charge in [-0.3, -0.25) is 0 Å². The minimum absolute atomic E-state index is 0.0351. The van der Waals surface area contributed by atoms with Crippen LogP contribution in [-0.2, 0) is 10.0 Å². The van der Waals surface area contributed by atoms with Crippen LogP contribution in [0, 0.1) is 6.92 Å². The van der Waals surface area contributed by atoms with Crippen LogP contribution in [-0.4, -0.2) is 36.4 Å². The molecule has 104 valence electrons. The molecular formula is C13H17NO4S. The highest BCUT2D eigenvalue weighted by Gasteiger charge is 2.37. The van der Waals surface area contributed by atoms with Gasteiger partial charge in [0, 0.05) is 12.6 Å². The van der Waals surface area contributed by atoms with E-state index in [1.807, 2.05) is 0 Å². The summed E-state index contributed by atoms with van der Waals surface area (Å²) in [5, 5.41) is 9.06. The molecule has 0 spiro atoms. The molecule has 0 radical (unpaired) electrons. The molecule has 1 aromatic rings. The van der Waals surface area contributed by atoms with Gasteiger partial charge in [0.25, 0.3) is 0 Å². The molecule has 0 aromatic heterocycles. The van der Waals surface area contributed by atoms with Gasteiger partial charge in [0.15, 0.2) is 0 Å². The smallest absolute Gasteiger partial charge is 0.335 e. The van der Waals surface area contributed by atoms with Crippen LogP contribution in [0.3, 0.4) is 0 Å². The average Bonchev–Trinajstić information content (AvgIpc) is 3.14. The van der Waals surface area contributed by atoms with Gasteiger partial charge in [-0.2, -0.15) is 4.31 Å². The molecule has 6 heteroatoms. The third kappa shape index (κ3) is 2.64. The molecule has 2 rings (SSSR count). The summed E-state index contributed by atoms with van der Waals surface area (Å²) in [6.45, 7) is 3.85. The first-order chi connectivity index (χ1) is 8.87. The fourth-order valence-electron chi connectivity index (χ4n) is 2.11. The molecule has 0 atom stereocenters. The predicted octanol–water partition coefficient (Wildman–Crippen LogP) is 1.87. The third-order valence-electron chi connectivity index (χ3n) is 3.31. The van der Waals surface area contributed by atoms with E-state index < -0.39 is 16.0 Å². The van der Waals surface area contributed by atoms with Gasteiger partial charge in [0.1, 0.15) is 0 Å². The maximum Gasteiger partial charge on any atom is 0.335 e. The summed E-state index contributed by atoms with van der Waals surface area (Å²) in [4.78, 5) is 11.1. The Morgan fingerprint density at radius 1 is 1.42 bits per heavy atom. The molecule has 1 aliphatic carbocycles. The number of aryl methyl sites for hydroxylation is 1. The molecule has 0 heterocycles. The molecule has 5 nitrogen and oxygen atoms in total. The van der Waals surface area contributed by atoms with Crippen LogP contribution in [0.1, 0.15) is 35.7 Å². The summed E-state index contributed by atoms with van der Waals surface area (Å²) >= 11 is 0. The number of aromatic carboxylic acids is 1. The lowest BCUT2D eigenvalue weighted by Crippen LogP contribution is -2.33. The number of carboxylic acids is 1. The highest BCUT2D eigenvalue weighted by Crippen LogP contribution is 2.32. The Balaban J connectivity index is 2.45. The Bertz CT molecular complexity index is 605. The SMILES string of the molecule is CCN(C1CC1)S(=O)(=O)c1ccc(C)c(C(=O)O)c1. The normalized spacial score (nSPS) is 15.7. The predicted molar refractivity (Wildman–Crippen MR) is 70.7 cm³/mol.